The molecule has 2 aromatic rings. The molecule has 0 saturated heterocycles. The number of halogens is 1. The largest absolute Gasteiger partial charge is 0.494 e. The third-order valence-corrected chi connectivity index (χ3v) is 2.72. The second-order valence-corrected chi connectivity index (χ2v) is 4.18. The third-order valence-electron chi connectivity index (χ3n) is 2.42. The fourth-order valence-electron chi connectivity index (χ4n) is 1.59. The molecule has 1 aromatic carbocycles. The Labute approximate surface area is 116 Å². The predicted octanol–water partition coefficient (Wildman–Crippen LogP) is 3.39. The SMILES string of the molecule is CCOc1cccc(NC(=O)c2ccncc2Cl)c1. The zero-order valence-electron chi connectivity index (χ0n) is 10.4. The summed E-state index contributed by atoms with van der Waals surface area (Å²) in [7, 11) is 0. The quantitative estimate of drug-likeness (QED) is 0.931. The van der Waals surface area contributed by atoms with Gasteiger partial charge < -0.3 is 10.1 Å². The zero-order chi connectivity index (χ0) is 13.7. The highest BCUT2D eigenvalue weighted by Gasteiger charge is 2.10. The van der Waals surface area contributed by atoms with Crippen molar-refractivity contribution in [3.63, 3.8) is 0 Å². The number of ether oxygens (including phenoxy) is 1. The minimum atomic E-state index is -0.277. The molecule has 1 aromatic heterocycles. The van der Waals surface area contributed by atoms with Gasteiger partial charge in [-0.2, -0.15) is 0 Å². The van der Waals surface area contributed by atoms with Crippen molar-refractivity contribution in [3.05, 3.63) is 53.3 Å². The molecule has 0 atom stereocenters. The molecule has 0 radical (unpaired) electrons. The van der Waals surface area contributed by atoms with E-state index < -0.39 is 0 Å². The molecule has 0 saturated carbocycles. The van der Waals surface area contributed by atoms with Crippen LogP contribution < -0.4 is 10.1 Å². The van der Waals surface area contributed by atoms with E-state index in [1.165, 1.54) is 12.4 Å². The molecule has 1 N–H and O–H groups in total. The summed E-state index contributed by atoms with van der Waals surface area (Å²) in [6.07, 6.45) is 2.96. The third kappa shape index (κ3) is 3.45. The van der Waals surface area contributed by atoms with Gasteiger partial charge in [-0.05, 0) is 25.1 Å². The maximum atomic E-state index is 12.0. The van der Waals surface area contributed by atoms with Crippen molar-refractivity contribution >= 4 is 23.2 Å². The highest BCUT2D eigenvalue weighted by molar-refractivity contribution is 6.34. The molecular formula is C14H13ClN2O2. The number of nitrogens with one attached hydrogen (secondary N) is 1. The van der Waals surface area contributed by atoms with E-state index in [2.05, 4.69) is 10.3 Å². The van der Waals surface area contributed by atoms with Crippen LogP contribution in [-0.4, -0.2) is 17.5 Å². The van der Waals surface area contributed by atoms with Crippen LogP contribution in [0.3, 0.4) is 0 Å². The average molecular weight is 277 g/mol. The summed E-state index contributed by atoms with van der Waals surface area (Å²) in [5, 5.41) is 3.09. The Bertz CT molecular complexity index is 587. The molecule has 1 heterocycles. The molecular weight excluding hydrogens is 264 g/mol. The Balaban J connectivity index is 2.15. The number of pyridine rings is 1. The van der Waals surface area contributed by atoms with Crippen molar-refractivity contribution in [3.8, 4) is 5.75 Å². The second kappa shape index (κ2) is 6.20. The van der Waals surface area contributed by atoms with E-state index in [-0.39, 0.29) is 5.91 Å². The summed E-state index contributed by atoms with van der Waals surface area (Å²) in [5.41, 5.74) is 1.04. The predicted molar refractivity (Wildman–Crippen MR) is 74.8 cm³/mol. The Morgan fingerprint density at radius 1 is 1.42 bits per heavy atom. The summed E-state index contributed by atoms with van der Waals surface area (Å²) in [5.74, 6) is 0.433. The molecule has 4 nitrogen and oxygen atoms in total. The molecule has 0 aliphatic rings. The van der Waals surface area contributed by atoms with Crippen LogP contribution in [0.5, 0.6) is 5.75 Å². The first-order chi connectivity index (χ1) is 9.20. The normalized spacial score (nSPS) is 10.0. The summed E-state index contributed by atoms with van der Waals surface area (Å²) in [6, 6.07) is 8.77. The van der Waals surface area contributed by atoms with Gasteiger partial charge in [-0.25, -0.2) is 0 Å². The van der Waals surface area contributed by atoms with E-state index in [9.17, 15) is 4.79 Å². The van der Waals surface area contributed by atoms with Crippen molar-refractivity contribution in [2.75, 3.05) is 11.9 Å². The first-order valence-corrected chi connectivity index (χ1v) is 6.22. The monoisotopic (exact) mass is 276 g/mol. The summed E-state index contributed by atoms with van der Waals surface area (Å²) < 4.78 is 5.37. The van der Waals surface area contributed by atoms with Gasteiger partial charge in [-0.3, -0.25) is 9.78 Å². The molecule has 0 bridgehead atoms. The first-order valence-electron chi connectivity index (χ1n) is 5.84. The van der Waals surface area contributed by atoms with Crippen LogP contribution in [-0.2, 0) is 0 Å². The molecule has 5 heteroatoms. The van der Waals surface area contributed by atoms with Crippen molar-refractivity contribution in [2.24, 2.45) is 0 Å². The van der Waals surface area contributed by atoms with Crippen LogP contribution in [0.2, 0.25) is 5.02 Å². The molecule has 0 aliphatic heterocycles. The lowest BCUT2D eigenvalue weighted by Crippen LogP contribution is -2.12. The number of hydrogen-bond donors (Lipinski definition) is 1. The van der Waals surface area contributed by atoms with Gasteiger partial charge in [0, 0.05) is 24.1 Å². The maximum Gasteiger partial charge on any atom is 0.257 e. The Morgan fingerprint density at radius 2 is 2.26 bits per heavy atom. The lowest BCUT2D eigenvalue weighted by atomic mass is 10.2. The molecule has 0 unspecified atom stereocenters. The molecule has 0 spiro atoms. The smallest absolute Gasteiger partial charge is 0.257 e. The number of aromatic nitrogens is 1. The summed E-state index contributed by atoms with van der Waals surface area (Å²) in [6.45, 7) is 2.48. The molecule has 2 rings (SSSR count). The fourth-order valence-corrected chi connectivity index (χ4v) is 1.79. The Kier molecular flexibility index (Phi) is 4.36. The second-order valence-electron chi connectivity index (χ2n) is 3.77. The Hall–Kier alpha value is -2.07. The highest BCUT2D eigenvalue weighted by atomic mass is 35.5. The van der Waals surface area contributed by atoms with E-state index in [0.29, 0.717) is 28.6 Å². The van der Waals surface area contributed by atoms with Crippen molar-refractivity contribution in [1.29, 1.82) is 0 Å². The standard InChI is InChI=1S/C14H13ClN2O2/c1-2-19-11-5-3-4-10(8-11)17-14(18)12-6-7-16-9-13(12)15/h3-9H,2H2,1H3,(H,17,18). The number of rotatable bonds is 4. The van der Waals surface area contributed by atoms with Gasteiger partial charge >= 0.3 is 0 Å². The van der Waals surface area contributed by atoms with Gasteiger partial charge in [0.2, 0.25) is 0 Å². The van der Waals surface area contributed by atoms with Crippen LogP contribution in [0.4, 0.5) is 5.69 Å². The van der Waals surface area contributed by atoms with E-state index in [1.54, 1.807) is 18.2 Å². The van der Waals surface area contributed by atoms with Crippen LogP contribution in [0.25, 0.3) is 0 Å². The van der Waals surface area contributed by atoms with Crippen LogP contribution in [0.15, 0.2) is 42.7 Å². The lowest BCUT2D eigenvalue weighted by Gasteiger charge is -2.08. The van der Waals surface area contributed by atoms with Crippen LogP contribution in [0, 0.1) is 0 Å². The van der Waals surface area contributed by atoms with Gasteiger partial charge in [-0.1, -0.05) is 17.7 Å². The topological polar surface area (TPSA) is 51.2 Å². The van der Waals surface area contributed by atoms with Gasteiger partial charge in [0.25, 0.3) is 5.91 Å². The number of carbonyl (C=O) groups is 1. The summed E-state index contributed by atoms with van der Waals surface area (Å²) in [4.78, 5) is 15.9. The number of amides is 1. The summed E-state index contributed by atoms with van der Waals surface area (Å²) >= 11 is 5.92. The fraction of sp³-hybridized carbons (Fsp3) is 0.143. The molecule has 0 fully saturated rings. The zero-order valence-corrected chi connectivity index (χ0v) is 11.1. The highest BCUT2D eigenvalue weighted by Crippen LogP contribution is 2.19. The number of benzene rings is 1. The van der Waals surface area contributed by atoms with Gasteiger partial charge in [0.05, 0.1) is 17.2 Å². The number of nitrogens with zero attached hydrogens (tertiary/aromatic N) is 1. The molecule has 98 valence electrons. The molecule has 0 aliphatic carbocycles. The number of carbonyl (C=O) groups excluding carboxylic acids is 1. The van der Waals surface area contributed by atoms with Gasteiger partial charge in [-0.15, -0.1) is 0 Å². The minimum absolute atomic E-state index is 0.277. The van der Waals surface area contributed by atoms with Crippen molar-refractivity contribution < 1.29 is 9.53 Å². The van der Waals surface area contributed by atoms with E-state index >= 15 is 0 Å². The van der Waals surface area contributed by atoms with Gasteiger partial charge in [0.15, 0.2) is 0 Å². The van der Waals surface area contributed by atoms with Crippen molar-refractivity contribution in [1.82, 2.24) is 4.98 Å². The Morgan fingerprint density at radius 3 is 3.00 bits per heavy atom. The van der Waals surface area contributed by atoms with Crippen LogP contribution >= 0.6 is 11.6 Å². The molecule has 19 heavy (non-hydrogen) atoms. The number of anilines is 1. The lowest BCUT2D eigenvalue weighted by molar-refractivity contribution is 0.102. The average Bonchev–Trinajstić information content (AvgIpc) is 2.40. The minimum Gasteiger partial charge on any atom is -0.494 e. The van der Waals surface area contributed by atoms with E-state index in [4.69, 9.17) is 16.3 Å². The first kappa shape index (κ1) is 13.4. The van der Waals surface area contributed by atoms with Crippen molar-refractivity contribution in [2.45, 2.75) is 6.92 Å². The van der Waals surface area contributed by atoms with Gasteiger partial charge in [0.1, 0.15) is 5.75 Å². The van der Waals surface area contributed by atoms with E-state index in [1.807, 2.05) is 19.1 Å². The van der Waals surface area contributed by atoms with Crippen LogP contribution in [0.1, 0.15) is 17.3 Å². The van der Waals surface area contributed by atoms with E-state index in [0.717, 1.165) is 0 Å². The maximum absolute atomic E-state index is 12.0. The molecule has 1 amide bonds. The number of hydrogen-bond acceptors (Lipinski definition) is 3.